The second-order valence-electron chi connectivity index (χ2n) is 8.11. The van der Waals surface area contributed by atoms with E-state index in [1.165, 1.54) is 18.2 Å². The minimum absolute atomic E-state index is 0.0457. The van der Waals surface area contributed by atoms with Gasteiger partial charge < -0.3 is 15.8 Å². The highest BCUT2D eigenvalue weighted by Gasteiger charge is 2.37. The molecule has 3 N–H and O–H groups in total. The summed E-state index contributed by atoms with van der Waals surface area (Å²) in [5.41, 5.74) is 7.83. The zero-order chi connectivity index (χ0) is 26.1. The van der Waals surface area contributed by atoms with Crippen molar-refractivity contribution in [2.45, 2.75) is 19.8 Å². The van der Waals surface area contributed by atoms with Gasteiger partial charge in [0.2, 0.25) is 0 Å². The molecule has 2 heterocycles. The van der Waals surface area contributed by atoms with E-state index < -0.39 is 29.2 Å². The number of carbonyl (C=O) groups is 2. The Morgan fingerprint density at radius 2 is 1.94 bits per heavy atom. The normalized spacial score (nSPS) is 15.4. The van der Waals surface area contributed by atoms with Crippen LogP contribution in [0.1, 0.15) is 22.6 Å². The first-order valence-electron chi connectivity index (χ1n) is 10.8. The van der Waals surface area contributed by atoms with E-state index in [0.717, 1.165) is 40.2 Å². The average molecular weight is 505 g/mol. The van der Waals surface area contributed by atoms with Crippen molar-refractivity contribution in [2.75, 3.05) is 12.4 Å². The number of esters is 1. The molecule has 182 valence electrons. The van der Waals surface area contributed by atoms with Gasteiger partial charge in [-0.1, -0.05) is 24.3 Å². The molecule has 0 spiro atoms. The molecule has 2 aromatic carbocycles. The predicted octanol–water partition coefficient (Wildman–Crippen LogP) is 1.86. The number of ether oxygens (including phenoxy) is 1. The van der Waals surface area contributed by atoms with Crippen LogP contribution in [-0.2, 0) is 14.3 Å². The summed E-state index contributed by atoms with van der Waals surface area (Å²) in [4.78, 5) is 38.7. The molecule has 1 unspecified atom stereocenters. The Kier molecular flexibility index (Phi) is 6.59. The number of carbonyl (C=O) groups excluding carboxylic acids is 2. The maximum Gasteiger partial charge on any atom is 0.332 e. The molecule has 36 heavy (non-hydrogen) atoms. The van der Waals surface area contributed by atoms with Gasteiger partial charge in [0.1, 0.15) is 20.8 Å². The Labute approximate surface area is 209 Å². The van der Waals surface area contributed by atoms with Crippen molar-refractivity contribution in [2.24, 2.45) is 5.73 Å². The molecule has 0 bridgehead atoms. The fraction of sp³-hybridized carbons (Fsp3) is 0.154. The van der Waals surface area contributed by atoms with Crippen LogP contribution in [0.25, 0.3) is 17.5 Å². The van der Waals surface area contributed by atoms with Crippen LogP contribution < -0.4 is 25.8 Å². The molecule has 0 saturated heterocycles. The molecule has 0 fully saturated rings. The number of aryl methyl sites for hydroxylation is 2. The van der Waals surface area contributed by atoms with E-state index in [1.54, 1.807) is 18.2 Å². The van der Waals surface area contributed by atoms with E-state index in [-0.39, 0.29) is 31.7 Å². The minimum Gasteiger partial charge on any atom is -0.466 e. The van der Waals surface area contributed by atoms with Gasteiger partial charge in [-0.3, -0.25) is 14.2 Å². The summed E-state index contributed by atoms with van der Waals surface area (Å²) < 4.78 is 20.7. The predicted molar refractivity (Wildman–Crippen MR) is 134 cm³/mol. The van der Waals surface area contributed by atoms with Crippen LogP contribution in [0.15, 0.2) is 52.8 Å². The van der Waals surface area contributed by atoms with Crippen molar-refractivity contribution in [3.8, 4) is 6.07 Å². The van der Waals surface area contributed by atoms with E-state index in [9.17, 15) is 24.0 Å². The highest BCUT2D eigenvalue weighted by atomic mass is 32.1. The molecule has 1 atom stereocenters. The second kappa shape index (κ2) is 9.64. The highest BCUT2D eigenvalue weighted by molar-refractivity contribution is 7.07. The number of nitrogens with two attached hydrogens (primary N) is 1. The first-order valence-corrected chi connectivity index (χ1v) is 11.6. The number of thiazole rings is 1. The first kappa shape index (κ1) is 24.6. The quantitative estimate of drug-likeness (QED) is 0.522. The fourth-order valence-electron chi connectivity index (χ4n) is 3.97. The number of benzene rings is 2. The van der Waals surface area contributed by atoms with Crippen LogP contribution >= 0.6 is 11.3 Å². The Balaban J connectivity index is 2.06. The summed E-state index contributed by atoms with van der Waals surface area (Å²) in [5, 5.41) is 12.8. The Hall–Kier alpha value is -4.49. The number of aromatic nitrogens is 1. The molecule has 3 aromatic rings. The number of halogens is 1. The molecule has 1 amide bonds. The molecule has 1 aliphatic heterocycles. The van der Waals surface area contributed by atoms with Gasteiger partial charge in [-0.15, -0.1) is 11.3 Å². The number of hydrogen-bond acceptors (Lipinski definition) is 7. The number of nitrogens with one attached hydrogen (secondary N) is 1. The van der Waals surface area contributed by atoms with Crippen molar-refractivity contribution in [1.29, 1.82) is 5.26 Å². The summed E-state index contributed by atoms with van der Waals surface area (Å²) in [6.45, 7) is 3.82. The Bertz CT molecular complexity index is 1680. The zero-order valence-corrected chi connectivity index (χ0v) is 20.4. The average Bonchev–Trinajstić information content (AvgIpc) is 3.17. The molecule has 4 rings (SSSR count). The van der Waals surface area contributed by atoms with E-state index >= 15 is 0 Å². The Morgan fingerprint density at radius 1 is 1.22 bits per heavy atom. The maximum absolute atomic E-state index is 15.0. The lowest BCUT2D eigenvalue weighted by Crippen LogP contribution is -2.41. The number of nitriles is 1. The lowest BCUT2D eigenvalue weighted by molar-refractivity contribution is -0.133. The molecule has 0 radical (unpaired) electrons. The molecule has 1 aliphatic rings. The van der Waals surface area contributed by atoms with Gasteiger partial charge in [0.05, 0.1) is 30.2 Å². The van der Waals surface area contributed by atoms with Gasteiger partial charge in [0.25, 0.3) is 11.5 Å². The minimum atomic E-state index is -1.19. The van der Waals surface area contributed by atoms with Gasteiger partial charge in [0.15, 0.2) is 0 Å². The van der Waals surface area contributed by atoms with Crippen LogP contribution in [0.5, 0.6) is 0 Å². The number of nitrogens with zero attached hydrogens (tertiary/aromatic N) is 2. The van der Waals surface area contributed by atoms with Gasteiger partial charge in [-0.2, -0.15) is 5.26 Å². The van der Waals surface area contributed by atoms with Crippen molar-refractivity contribution < 1.29 is 18.7 Å². The SMILES string of the molecule is COC(=O)C=c1sc2n(c1=O)C(N)=C(C#N)C(c1ccccc1F)C=2C(=O)Nc1ccc(C)c(C)c1. The largest absolute Gasteiger partial charge is 0.466 e. The molecule has 8 nitrogen and oxygen atoms in total. The van der Waals surface area contributed by atoms with Crippen LogP contribution in [0.2, 0.25) is 0 Å². The van der Waals surface area contributed by atoms with Crippen LogP contribution in [0, 0.1) is 31.0 Å². The monoisotopic (exact) mass is 504 g/mol. The van der Waals surface area contributed by atoms with E-state index in [0.29, 0.717) is 5.69 Å². The maximum atomic E-state index is 15.0. The molecular formula is C26H21FN4O4S. The van der Waals surface area contributed by atoms with Gasteiger partial charge >= 0.3 is 5.97 Å². The lowest BCUT2D eigenvalue weighted by Gasteiger charge is -2.25. The molecule has 10 heteroatoms. The van der Waals surface area contributed by atoms with Crippen LogP contribution in [-0.4, -0.2) is 23.6 Å². The van der Waals surface area contributed by atoms with E-state index in [1.807, 2.05) is 26.0 Å². The van der Waals surface area contributed by atoms with Crippen LogP contribution in [0.3, 0.4) is 0 Å². The fourth-order valence-corrected chi connectivity index (χ4v) is 5.11. The van der Waals surface area contributed by atoms with Crippen molar-refractivity contribution in [3.63, 3.8) is 0 Å². The number of amides is 1. The molecule has 0 saturated carbocycles. The van der Waals surface area contributed by atoms with E-state index in [2.05, 4.69) is 10.1 Å². The molecule has 0 aliphatic carbocycles. The van der Waals surface area contributed by atoms with E-state index in [4.69, 9.17) is 5.73 Å². The van der Waals surface area contributed by atoms with Gasteiger partial charge in [-0.25, -0.2) is 9.18 Å². The third-order valence-electron chi connectivity index (χ3n) is 5.94. The van der Waals surface area contributed by atoms with Crippen molar-refractivity contribution in [1.82, 2.24) is 4.57 Å². The molecule has 1 aromatic heterocycles. The standard InChI is InChI=1S/C26H21FN4O4S/c1-13-8-9-15(10-14(13)2)30-24(33)22-21(16-6-4-5-7-18(16)27)17(12-28)23(29)31-25(34)19(36-26(22)31)11-20(32)35-3/h4-11,21H,29H2,1-3H3,(H,30,33). The smallest absolute Gasteiger partial charge is 0.332 e. The first-order chi connectivity index (χ1) is 17.2. The van der Waals surface area contributed by atoms with Crippen molar-refractivity contribution >= 4 is 46.4 Å². The number of fused-ring (bicyclic) bond motifs is 1. The van der Waals surface area contributed by atoms with Crippen molar-refractivity contribution in [3.05, 3.63) is 90.1 Å². The number of methoxy groups -OCH3 is 1. The topological polar surface area (TPSA) is 127 Å². The van der Waals surface area contributed by atoms with Gasteiger partial charge in [0, 0.05) is 17.3 Å². The second-order valence-corrected chi connectivity index (χ2v) is 9.14. The summed E-state index contributed by atoms with van der Waals surface area (Å²) in [6.07, 6.45) is 0.981. The lowest BCUT2D eigenvalue weighted by atomic mass is 9.83. The Morgan fingerprint density at radius 3 is 2.58 bits per heavy atom. The number of anilines is 1. The van der Waals surface area contributed by atoms with Gasteiger partial charge in [-0.05, 0) is 43.2 Å². The number of hydrogen-bond donors (Lipinski definition) is 2. The summed E-state index contributed by atoms with van der Waals surface area (Å²) in [6, 6.07) is 13.0. The van der Waals surface area contributed by atoms with Crippen LogP contribution in [0.4, 0.5) is 10.1 Å². The number of rotatable bonds is 4. The third kappa shape index (κ3) is 4.21. The molecular weight excluding hydrogens is 483 g/mol. The summed E-state index contributed by atoms with van der Waals surface area (Å²) in [7, 11) is 1.16. The summed E-state index contributed by atoms with van der Waals surface area (Å²) in [5.74, 6) is -3.50. The number of allylic oxidation sites excluding steroid dienone is 1. The zero-order valence-electron chi connectivity index (χ0n) is 19.6. The third-order valence-corrected chi connectivity index (χ3v) is 7.05. The summed E-state index contributed by atoms with van der Waals surface area (Å²) >= 11 is 0.829. The highest BCUT2D eigenvalue weighted by Crippen LogP contribution is 2.37.